The monoisotopic (exact) mass is 319 g/mol. The van der Waals surface area contributed by atoms with E-state index in [9.17, 15) is 0 Å². The summed E-state index contributed by atoms with van der Waals surface area (Å²) < 4.78 is 2.55. The highest BCUT2D eigenvalue weighted by Gasteiger charge is 2.23. The van der Waals surface area contributed by atoms with E-state index in [4.69, 9.17) is 0 Å². The molecule has 1 saturated carbocycles. The molecular formula is C21H25N3. The molecule has 0 spiro atoms. The summed E-state index contributed by atoms with van der Waals surface area (Å²) in [6.45, 7) is 6.79. The van der Waals surface area contributed by atoms with Crippen LogP contribution in [0.15, 0.2) is 42.5 Å². The zero-order chi connectivity index (χ0) is 15.9. The Balaban J connectivity index is 1.56. The summed E-state index contributed by atoms with van der Waals surface area (Å²) in [5.74, 6) is 0.893. The average molecular weight is 319 g/mol. The molecule has 1 saturated heterocycles. The Morgan fingerprint density at radius 1 is 0.917 bits per heavy atom. The SMILES string of the molecule is c1ccc2c(c1)c1cc(CN3CCNCC3)ccc1n2CC1CC1. The molecule has 0 radical (unpaired) electrons. The Bertz CT molecular complexity index is 869. The summed E-state index contributed by atoms with van der Waals surface area (Å²) in [4.78, 5) is 2.56. The summed E-state index contributed by atoms with van der Waals surface area (Å²) in [7, 11) is 0. The molecule has 2 heterocycles. The molecule has 0 unspecified atom stereocenters. The van der Waals surface area contributed by atoms with Crippen LogP contribution in [0.3, 0.4) is 0 Å². The molecular weight excluding hydrogens is 294 g/mol. The summed E-state index contributed by atoms with van der Waals surface area (Å²) in [5, 5.41) is 6.28. The van der Waals surface area contributed by atoms with Crippen molar-refractivity contribution in [3.05, 3.63) is 48.0 Å². The zero-order valence-corrected chi connectivity index (χ0v) is 14.2. The van der Waals surface area contributed by atoms with E-state index in [2.05, 4.69) is 57.2 Å². The van der Waals surface area contributed by atoms with E-state index in [0.29, 0.717) is 0 Å². The molecule has 0 atom stereocenters. The number of benzene rings is 2. The second-order valence-corrected chi connectivity index (χ2v) is 7.45. The predicted octanol–water partition coefficient (Wildman–Crippen LogP) is 3.61. The number of hydrogen-bond acceptors (Lipinski definition) is 2. The first-order valence-electron chi connectivity index (χ1n) is 9.31. The van der Waals surface area contributed by atoms with Crippen LogP contribution < -0.4 is 5.32 Å². The molecule has 5 rings (SSSR count). The number of para-hydroxylation sites is 1. The molecule has 1 aliphatic carbocycles. The number of rotatable bonds is 4. The van der Waals surface area contributed by atoms with Crippen molar-refractivity contribution in [3.8, 4) is 0 Å². The molecule has 2 aromatic carbocycles. The van der Waals surface area contributed by atoms with Gasteiger partial charge in [0.15, 0.2) is 0 Å². The van der Waals surface area contributed by atoms with Crippen LogP contribution in [-0.2, 0) is 13.1 Å². The van der Waals surface area contributed by atoms with Gasteiger partial charge in [-0.1, -0.05) is 24.3 Å². The van der Waals surface area contributed by atoms with E-state index in [1.165, 1.54) is 46.8 Å². The van der Waals surface area contributed by atoms with E-state index < -0.39 is 0 Å². The largest absolute Gasteiger partial charge is 0.340 e. The lowest BCUT2D eigenvalue weighted by atomic mass is 10.1. The molecule has 2 fully saturated rings. The molecule has 24 heavy (non-hydrogen) atoms. The number of piperazine rings is 1. The maximum atomic E-state index is 3.44. The van der Waals surface area contributed by atoms with Gasteiger partial charge < -0.3 is 9.88 Å². The predicted molar refractivity (Wildman–Crippen MR) is 100 cm³/mol. The maximum absolute atomic E-state index is 3.44. The van der Waals surface area contributed by atoms with Crippen LogP contribution in [-0.4, -0.2) is 35.6 Å². The molecule has 0 amide bonds. The smallest absolute Gasteiger partial charge is 0.0491 e. The lowest BCUT2D eigenvalue weighted by Crippen LogP contribution is -2.42. The molecule has 2 aliphatic rings. The van der Waals surface area contributed by atoms with Gasteiger partial charge in [0, 0.05) is 61.1 Å². The van der Waals surface area contributed by atoms with Crippen LogP contribution in [0, 0.1) is 5.92 Å². The molecule has 0 bridgehead atoms. The molecule has 3 aromatic rings. The minimum absolute atomic E-state index is 0.893. The first kappa shape index (κ1) is 14.5. The first-order valence-corrected chi connectivity index (χ1v) is 9.31. The molecule has 124 valence electrons. The van der Waals surface area contributed by atoms with E-state index >= 15 is 0 Å². The number of fused-ring (bicyclic) bond motifs is 3. The summed E-state index contributed by atoms with van der Waals surface area (Å²) in [6.07, 6.45) is 2.80. The minimum Gasteiger partial charge on any atom is -0.340 e. The van der Waals surface area contributed by atoms with E-state index in [1.807, 2.05) is 0 Å². The van der Waals surface area contributed by atoms with Gasteiger partial charge >= 0.3 is 0 Å². The third-order valence-corrected chi connectivity index (χ3v) is 5.59. The Hall–Kier alpha value is -1.84. The fraction of sp³-hybridized carbons (Fsp3) is 0.429. The quantitative estimate of drug-likeness (QED) is 0.793. The fourth-order valence-electron chi connectivity index (χ4n) is 4.08. The van der Waals surface area contributed by atoms with Gasteiger partial charge in [0.05, 0.1) is 0 Å². The topological polar surface area (TPSA) is 20.2 Å². The van der Waals surface area contributed by atoms with Crippen LogP contribution in [0.5, 0.6) is 0 Å². The second-order valence-electron chi connectivity index (χ2n) is 7.45. The lowest BCUT2D eigenvalue weighted by Gasteiger charge is -2.27. The van der Waals surface area contributed by atoms with Crippen LogP contribution in [0.1, 0.15) is 18.4 Å². The van der Waals surface area contributed by atoms with Crippen molar-refractivity contribution in [2.45, 2.75) is 25.9 Å². The Morgan fingerprint density at radius 3 is 2.54 bits per heavy atom. The lowest BCUT2D eigenvalue weighted by molar-refractivity contribution is 0.233. The zero-order valence-electron chi connectivity index (χ0n) is 14.2. The number of hydrogen-bond donors (Lipinski definition) is 1. The van der Waals surface area contributed by atoms with Crippen molar-refractivity contribution in [3.63, 3.8) is 0 Å². The maximum Gasteiger partial charge on any atom is 0.0491 e. The molecule has 1 aromatic heterocycles. The van der Waals surface area contributed by atoms with Crippen molar-refractivity contribution in [1.29, 1.82) is 0 Å². The van der Waals surface area contributed by atoms with Gasteiger partial charge in [-0.25, -0.2) is 0 Å². The molecule has 3 nitrogen and oxygen atoms in total. The highest BCUT2D eigenvalue weighted by atomic mass is 15.2. The van der Waals surface area contributed by atoms with Gasteiger partial charge in [-0.05, 0) is 42.5 Å². The molecule has 1 aliphatic heterocycles. The van der Waals surface area contributed by atoms with E-state index in [1.54, 1.807) is 0 Å². The summed E-state index contributed by atoms with van der Waals surface area (Å²) >= 11 is 0. The minimum atomic E-state index is 0.893. The number of aromatic nitrogens is 1. The standard InChI is InChI=1S/C21H25N3/c1-2-4-20-18(3-1)19-13-17(14-23-11-9-22-10-12-23)7-8-21(19)24(20)15-16-5-6-16/h1-4,7-8,13,16,22H,5-6,9-12,14-15H2. The Labute approximate surface area is 143 Å². The van der Waals surface area contributed by atoms with Crippen molar-refractivity contribution < 1.29 is 0 Å². The first-order chi connectivity index (χ1) is 11.9. The van der Waals surface area contributed by atoms with Gasteiger partial charge in [0.25, 0.3) is 0 Å². The van der Waals surface area contributed by atoms with Gasteiger partial charge in [-0.3, -0.25) is 4.90 Å². The van der Waals surface area contributed by atoms with Gasteiger partial charge in [0.2, 0.25) is 0 Å². The third kappa shape index (κ3) is 2.62. The van der Waals surface area contributed by atoms with E-state index in [0.717, 1.165) is 38.6 Å². The Morgan fingerprint density at radius 2 is 1.71 bits per heavy atom. The highest BCUT2D eigenvalue weighted by molar-refractivity contribution is 6.08. The molecule has 1 N–H and O–H groups in total. The fourth-order valence-corrected chi connectivity index (χ4v) is 4.08. The number of nitrogens with one attached hydrogen (secondary N) is 1. The second kappa shape index (κ2) is 5.91. The van der Waals surface area contributed by atoms with Crippen LogP contribution >= 0.6 is 0 Å². The van der Waals surface area contributed by atoms with Crippen LogP contribution in [0.4, 0.5) is 0 Å². The summed E-state index contributed by atoms with van der Waals surface area (Å²) in [5.41, 5.74) is 4.25. The van der Waals surface area contributed by atoms with Gasteiger partial charge in [-0.15, -0.1) is 0 Å². The van der Waals surface area contributed by atoms with Crippen molar-refractivity contribution in [2.75, 3.05) is 26.2 Å². The van der Waals surface area contributed by atoms with Gasteiger partial charge in [0.1, 0.15) is 0 Å². The van der Waals surface area contributed by atoms with Gasteiger partial charge in [-0.2, -0.15) is 0 Å². The Kier molecular flexibility index (Phi) is 3.57. The van der Waals surface area contributed by atoms with Crippen molar-refractivity contribution in [1.82, 2.24) is 14.8 Å². The molecule has 3 heteroatoms. The van der Waals surface area contributed by atoms with Crippen LogP contribution in [0.25, 0.3) is 21.8 Å². The van der Waals surface area contributed by atoms with Crippen molar-refractivity contribution in [2.24, 2.45) is 5.92 Å². The van der Waals surface area contributed by atoms with E-state index in [-0.39, 0.29) is 0 Å². The normalized spacial score (nSPS) is 19.3. The van der Waals surface area contributed by atoms with Crippen molar-refractivity contribution >= 4 is 21.8 Å². The third-order valence-electron chi connectivity index (χ3n) is 5.59. The average Bonchev–Trinajstić information content (AvgIpc) is 3.40. The number of nitrogens with zero attached hydrogens (tertiary/aromatic N) is 2. The highest BCUT2D eigenvalue weighted by Crippen LogP contribution is 2.36. The van der Waals surface area contributed by atoms with Crippen LogP contribution in [0.2, 0.25) is 0 Å². The summed E-state index contributed by atoms with van der Waals surface area (Å²) in [6, 6.07) is 16.0.